The number of nitriles is 1. The van der Waals surface area contributed by atoms with Crippen molar-refractivity contribution < 1.29 is 9.59 Å². The number of hydrogen-bond donors (Lipinski definition) is 2. The van der Waals surface area contributed by atoms with E-state index in [9.17, 15) is 14.9 Å². The highest BCUT2D eigenvalue weighted by molar-refractivity contribution is 5.89. The molecule has 134 valence electrons. The van der Waals surface area contributed by atoms with Crippen LogP contribution in [0.2, 0.25) is 0 Å². The first-order chi connectivity index (χ1) is 11.9. The predicted molar refractivity (Wildman–Crippen MR) is 97.1 cm³/mol. The quantitative estimate of drug-likeness (QED) is 0.882. The first kappa shape index (κ1) is 18.8. The van der Waals surface area contributed by atoms with Gasteiger partial charge in [-0.05, 0) is 50.3 Å². The Labute approximate surface area is 149 Å². The molecule has 1 saturated heterocycles. The molecule has 0 unspecified atom stereocenters. The van der Waals surface area contributed by atoms with E-state index in [0.717, 1.165) is 24.1 Å². The van der Waals surface area contributed by atoms with Crippen molar-refractivity contribution in [3.05, 3.63) is 29.8 Å². The molecule has 6 nitrogen and oxygen atoms in total. The van der Waals surface area contributed by atoms with Gasteiger partial charge in [0.05, 0.1) is 11.5 Å². The van der Waals surface area contributed by atoms with Crippen LogP contribution >= 0.6 is 0 Å². The summed E-state index contributed by atoms with van der Waals surface area (Å²) < 4.78 is 0. The molecular formula is C19H26N4O2. The Bertz CT molecular complexity index is 653. The fraction of sp³-hybridized carbons (Fsp3) is 0.526. The standard InChI is InChI=1S/C19H26N4O2/c1-19(2,13-20)15-4-6-16(7-5-15)22-18(25)23-10-8-14(9-11-23)12-17(24)21-3/h4-7,14H,8-12H2,1-3H3,(H,21,24)(H,22,25). The highest BCUT2D eigenvalue weighted by Gasteiger charge is 2.24. The summed E-state index contributed by atoms with van der Waals surface area (Å²) in [7, 11) is 1.65. The molecular weight excluding hydrogens is 316 g/mol. The number of benzene rings is 1. The van der Waals surface area contributed by atoms with Crippen LogP contribution in [-0.4, -0.2) is 37.0 Å². The van der Waals surface area contributed by atoms with Crippen LogP contribution in [0.5, 0.6) is 0 Å². The van der Waals surface area contributed by atoms with Crippen LogP contribution in [0.4, 0.5) is 10.5 Å². The fourth-order valence-corrected chi connectivity index (χ4v) is 2.94. The van der Waals surface area contributed by atoms with E-state index in [1.165, 1.54) is 0 Å². The SMILES string of the molecule is CNC(=O)CC1CCN(C(=O)Nc2ccc(C(C)(C)C#N)cc2)CC1. The van der Waals surface area contributed by atoms with Crippen LogP contribution in [0.25, 0.3) is 0 Å². The van der Waals surface area contributed by atoms with Crippen LogP contribution in [0.3, 0.4) is 0 Å². The summed E-state index contributed by atoms with van der Waals surface area (Å²) in [6.07, 6.45) is 2.22. The lowest BCUT2D eigenvalue weighted by Gasteiger charge is -2.31. The van der Waals surface area contributed by atoms with Gasteiger partial charge in [-0.2, -0.15) is 5.26 Å². The summed E-state index contributed by atoms with van der Waals surface area (Å²) in [5.74, 6) is 0.403. The number of likely N-dealkylation sites (tertiary alicyclic amines) is 1. The summed E-state index contributed by atoms with van der Waals surface area (Å²) in [6, 6.07) is 9.53. The van der Waals surface area contributed by atoms with Crippen molar-refractivity contribution in [3.8, 4) is 6.07 Å². The van der Waals surface area contributed by atoms with Gasteiger partial charge in [0.25, 0.3) is 0 Å². The van der Waals surface area contributed by atoms with Crippen molar-refractivity contribution in [2.75, 3.05) is 25.5 Å². The molecule has 25 heavy (non-hydrogen) atoms. The average Bonchev–Trinajstić information content (AvgIpc) is 2.62. The molecule has 0 saturated carbocycles. The Balaban J connectivity index is 1.87. The average molecular weight is 342 g/mol. The molecule has 2 N–H and O–H groups in total. The number of amides is 3. The van der Waals surface area contributed by atoms with Crippen LogP contribution in [-0.2, 0) is 10.2 Å². The number of carbonyl (C=O) groups is 2. The molecule has 2 rings (SSSR count). The maximum atomic E-state index is 12.4. The van der Waals surface area contributed by atoms with Crippen molar-refractivity contribution in [1.29, 1.82) is 5.26 Å². The van der Waals surface area contributed by atoms with E-state index in [-0.39, 0.29) is 11.9 Å². The number of carbonyl (C=O) groups excluding carboxylic acids is 2. The van der Waals surface area contributed by atoms with Gasteiger partial charge in [0.15, 0.2) is 0 Å². The second-order valence-corrected chi connectivity index (χ2v) is 7.05. The lowest BCUT2D eigenvalue weighted by molar-refractivity contribution is -0.121. The van der Waals surface area contributed by atoms with Crippen LogP contribution < -0.4 is 10.6 Å². The summed E-state index contributed by atoms with van der Waals surface area (Å²) >= 11 is 0. The van der Waals surface area contributed by atoms with Gasteiger partial charge in [-0.15, -0.1) is 0 Å². The van der Waals surface area contributed by atoms with Gasteiger partial charge in [-0.3, -0.25) is 4.79 Å². The maximum absolute atomic E-state index is 12.4. The normalized spacial score (nSPS) is 15.4. The maximum Gasteiger partial charge on any atom is 0.321 e. The van der Waals surface area contributed by atoms with Crippen molar-refractivity contribution in [2.45, 2.75) is 38.5 Å². The molecule has 1 heterocycles. The molecule has 0 atom stereocenters. The van der Waals surface area contributed by atoms with E-state index in [2.05, 4.69) is 16.7 Å². The van der Waals surface area contributed by atoms with E-state index in [0.29, 0.717) is 25.4 Å². The number of piperidine rings is 1. The van der Waals surface area contributed by atoms with Crippen molar-refractivity contribution >= 4 is 17.6 Å². The Morgan fingerprint density at radius 2 is 1.84 bits per heavy atom. The van der Waals surface area contributed by atoms with Gasteiger partial charge in [0, 0.05) is 32.2 Å². The minimum Gasteiger partial charge on any atom is -0.359 e. The number of nitrogens with zero attached hydrogens (tertiary/aromatic N) is 2. The zero-order valence-corrected chi connectivity index (χ0v) is 15.1. The van der Waals surface area contributed by atoms with Crippen molar-refractivity contribution in [2.24, 2.45) is 5.92 Å². The Morgan fingerprint density at radius 1 is 1.24 bits per heavy atom. The number of nitrogens with one attached hydrogen (secondary N) is 2. The van der Waals surface area contributed by atoms with Gasteiger partial charge in [0.2, 0.25) is 5.91 Å². The highest BCUT2D eigenvalue weighted by Crippen LogP contribution is 2.24. The molecule has 0 aromatic heterocycles. The molecule has 1 aromatic carbocycles. The molecule has 0 bridgehead atoms. The molecule has 0 radical (unpaired) electrons. The molecule has 6 heteroatoms. The monoisotopic (exact) mass is 342 g/mol. The van der Waals surface area contributed by atoms with E-state index in [1.807, 2.05) is 38.1 Å². The Morgan fingerprint density at radius 3 is 2.36 bits per heavy atom. The second-order valence-electron chi connectivity index (χ2n) is 7.05. The molecule has 1 aliphatic rings. The summed E-state index contributed by atoms with van der Waals surface area (Å²) in [6.45, 7) is 5.05. The lowest BCUT2D eigenvalue weighted by Crippen LogP contribution is -2.41. The van der Waals surface area contributed by atoms with Crippen LogP contribution in [0.1, 0.15) is 38.7 Å². The zero-order valence-electron chi connectivity index (χ0n) is 15.1. The topological polar surface area (TPSA) is 85.2 Å². The van der Waals surface area contributed by atoms with Gasteiger partial charge in [-0.25, -0.2) is 4.79 Å². The second kappa shape index (κ2) is 8.02. The smallest absolute Gasteiger partial charge is 0.321 e. The first-order valence-electron chi connectivity index (χ1n) is 8.64. The van der Waals surface area contributed by atoms with Gasteiger partial charge >= 0.3 is 6.03 Å². The van der Waals surface area contributed by atoms with Gasteiger partial charge in [0.1, 0.15) is 0 Å². The Hall–Kier alpha value is -2.55. The minimum absolute atomic E-state index is 0.0586. The van der Waals surface area contributed by atoms with Gasteiger partial charge in [-0.1, -0.05) is 12.1 Å². The van der Waals surface area contributed by atoms with Crippen LogP contribution in [0.15, 0.2) is 24.3 Å². The molecule has 1 fully saturated rings. The summed E-state index contributed by atoms with van der Waals surface area (Å²) in [5, 5.41) is 14.7. The van der Waals surface area contributed by atoms with E-state index < -0.39 is 5.41 Å². The number of anilines is 1. The third kappa shape index (κ3) is 4.96. The largest absolute Gasteiger partial charge is 0.359 e. The van der Waals surface area contributed by atoms with E-state index >= 15 is 0 Å². The predicted octanol–water partition coefficient (Wildman–Crippen LogP) is 2.87. The molecule has 0 spiro atoms. The third-order valence-electron chi connectivity index (χ3n) is 4.79. The molecule has 3 amide bonds. The lowest BCUT2D eigenvalue weighted by atomic mass is 9.86. The highest BCUT2D eigenvalue weighted by atomic mass is 16.2. The van der Waals surface area contributed by atoms with Gasteiger partial charge < -0.3 is 15.5 Å². The van der Waals surface area contributed by atoms with E-state index in [4.69, 9.17) is 0 Å². The molecule has 1 aromatic rings. The number of hydrogen-bond acceptors (Lipinski definition) is 3. The van der Waals surface area contributed by atoms with Crippen molar-refractivity contribution in [3.63, 3.8) is 0 Å². The number of rotatable bonds is 4. The summed E-state index contributed by atoms with van der Waals surface area (Å²) in [4.78, 5) is 25.6. The fourth-order valence-electron chi connectivity index (χ4n) is 2.94. The van der Waals surface area contributed by atoms with E-state index in [1.54, 1.807) is 11.9 Å². The van der Waals surface area contributed by atoms with Crippen LogP contribution in [0, 0.1) is 17.2 Å². The molecule has 1 aliphatic heterocycles. The summed E-state index contributed by atoms with van der Waals surface area (Å²) in [5.41, 5.74) is 1.09. The zero-order chi connectivity index (χ0) is 18.4. The third-order valence-corrected chi connectivity index (χ3v) is 4.79. The van der Waals surface area contributed by atoms with Crippen molar-refractivity contribution in [1.82, 2.24) is 10.2 Å². The Kier molecular flexibility index (Phi) is 6.02. The first-order valence-corrected chi connectivity index (χ1v) is 8.64. The number of urea groups is 1. The molecule has 0 aliphatic carbocycles. The minimum atomic E-state index is -0.546.